The molecule has 3 heterocycles. The van der Waals surface area contributed by atoms with Crippen LogP contribution in [0.5, 0.6) is 0 Å². The van der Waals surface area contributed by atoms with Crippen molar-refractivity contribution in [3.63, 3.8) is 0 Å². The predicted octanol–water partition coefficient (Wildman–Crippen LogP) is 2.24. The van der Waals surface area contributed by atoms with Gasteiger partial charge in [0, 0.05) is 50.7 Å². The van der Waals surface area contributed by atoms with E-state index in [0.29, 0.717) is 11.8 Å². The molecule has 1 saturated carbocycles. The monoisotopic (exact) mass is 322 g/mol. The van der Waals surface area contributed by atoms with Gasteiger partial charge in [0.25, 0.3) is 0 Å². The molecule has 0 bridgehead atoms. The summed E-state index contributed by atoms with van der Waals surface area (Å²) in [5, 5.41) is 0. The Hall–Kier alpha value is -2.43. The molecule has 0 unspecified atom stereocenters. The molecule has 0 spiro atoms. The third kappa shape index (κ3) is 2.86. The van der Waals surface area contributed by atoms with Crippen molar-refractivity contribution in [2.45, 2.75) is 19.3 Å². The van der Waals surface area contributed by atoms with Gasteiger partial charge < -0.3 is 9.80 Å². The molecule has 0 N–H and O–H groups in total. The average molecular weight is 322 g/mol. The van der Waals surface area contributed by atoms with E-state index in [9.17, 15) is 4.79 Å². The van der Waals surface area contributed by atoms with Crippen molar-refractivity contribution in [3.8, 4) is 0 Å². The van der Waals surface area contributed by atoms with E-state index in [4.69, 9.17) is 0 Å². The van der Waals surface area contributed by atoms with Crippen LogP contribution in [0.15, 0.2) is 43.0 Å². The van der Waals surface area contributed by atoms with Gasteiger partial charge in [0.15, 0.2) is 0 Å². The summed E-state index contributed by atoms with van der Waals surface area (Å²) in [6.45, 7) is 5.45. The van der Waals surface area contributed by atoms with Gasteiger partial charge in [-0.25, -0.2) is 0 Å². The first-order valence-corrected chi connectivity index (χ1v) is 8.58. The van der Waals surface area contributed by atoms with Gasteiger partial charge in [0.05, 0.1) is 11.9 Å². The number of aryl methyl sites for hydroxylation is 1. The average Bonchev–Trinajstić information content (AvgIpc) is 3.43. The van der Waals surface area contributed by atoms with E-state index in [-0.39, 0.29) is 5.92 Å². The van der Waals surface area contributed by atoms with Crippen molar-refractivity contribution in [3.05, 3.63) is 54.1 Å². The molecule has 124 valence electrons. The number of anilines is 1. The van der Waals surface area contributed by atoms with Crippen LogP contribution in [0.25, 0.3) is 0 Å². The maximum atomic E-state index is 12.7. The lowest BCUT2D eigenvalue weighted by Gasteiger charge is -2.36. The van der Waals surface area contributed by atoms with E-state index in [0.717, 1.165) is 32.6 Å². The lowest BCUT2D eigenvalue weighted by molar-refractivity contribution is -0.132. The summed E-state index contributed by atoms with van der Waals surface area (Å²) in [6, 6.07) is 6.06. The van der Waals surface area contributed by atoms with E-state index in [1.807, 2.05) is 35.6 Å². The number of carbonyl (C=O) groups is 1. The smallest absolute Gasteiger partial charge is 0.226 e. The highest BCUT2D eigenvalue weighted by Crippen LogP contribution is 2.48. The number of pyridine rings is 2. The van der Waals surface area contributed by atoms with Crippen LogP contribution in [0.2, 0.25) is 0 Å². The largest absolute Gasteiger partial charge is 0.367 e. The number of piperazine rings is 1. The summed E-state index contributed by atoms with van der Waals surface area (Å²) >= 11 is 0. The Bertz CT molecular complexity index is 725. The van der Waals surface area contributed by atoms with Crippen molar-refractivity contribution in [1.82, 2.24) is 14.9 Å². The van der Waals surface area contributed by atoms with E-state index >= 15 is 0 Å². The van der Waals surface area contributed by atoms with Crippen molar-refractivity contribution in [2.75, 3.05) is 31.1 Å². The number of rotatable bonds is 3. The molecular weight excluding hydrogens is 300 g/mol. The standard InChI is InChI=1S/C19H22N4O/c1-14-4-6-21-13-18(14)22-7-9-23(10-8-22)19(24)17-11-16(17)15-3-2-5-20-12-15/h2-6,12-13,16-17H,7-11H2,1H3/t16-,17+/m0/s1. The zero-order valence-corrected chi connectivity index (χ0v) is 13.9. The van der Waals surface area contributed by atoms with Gasteiger partial charge >= 0.3 is 0 Å². The fraction of sp³-hybridized carbons (Fsp3) is 0.421. The van der Waals surface area contributed by atoms with Crippen LogP contribution in [-0.4, -0.2) is 47.0 Å². The molecule has 1 amide bonds. The quantitative estimate of drug-likeness (QED) is 0.869. The van der Waals surface area contributed by atoms with E-state index in [2.05, 4.69) is 27.9 Å². The van der Waals surface area contributed by atoms with Crippen molar-refractivity contribution >= 4 is 11.6 Å². The van der Waals surface area contributed by atoms with Crippen LogP contribution < -0.4 is 4.90 Å². The summed E-state index contributed by atoms with van der Waals surface area (Å²) in [7, 11) is 0. The van der Waals surface area contributed by atoms with Crippen LogP contribution in [0, 0.1) is 12.8 Å². The summed E-state index contributed by atoms with van der Waals surface area (Å²) in [6.07, 6.45) is 8.38. The second-order valence-corrected chi connectivity index (χ2v) is 6.71. The highest BCUT2D eigenvalue weighted by atomic mass is 16.2. The summed E-state index contributed by atoms with van der Waals surface area (Å²) in [5.41, 5.74) is 3.62. The zero-order chi connectivity index (χ0) is 16.5. The number of amides is 1. The second kappa shape index (κ2) is 6.23. The highest BCUT2D eigenvalue weighted by molar-refractivity contribution is 5.83. The van der Waals surface area contributed by atoms with Crippen LogP contribution >= 0.6 is 0 Å². The number of nitrogens with zero attached hydrogens (tertiary/aromatic N) is 4. The van der Waals surface area contributed by atoms with Crippen molar-refractivity contribution < 1.29 is 4.79 Å². The molecule has 5 nitrogen and oxygen atoms in total. The number of carbonyl (C=O) groups excluding carboxylic acids is 1. The van der Waals surface area contributed by atoms with Gasteiger partial charge in [-0.1, -0.05) is 6.07 Å². The maximum absolute atomic E-state index is 12.7. The molecule has 1 aliphatic heterocycles. The topological polar surface area (TPSA) is 49.3 Å². The first-order chi connectivity index (χ1) is 11.7. The summed E-state index contributed by atoms with van der Waals surface area (Å²) < 4.78 is 0. The minimum Gasteiger partial charge on any atom is -0.367 e. The number of hydrogen-bond donors (Lipinski definition) is 0. The third-order valence-electron chi connectivity index (χ3n) is 5.16. The van der Waals surface area contributed by atoms with Gasteiger partial charge in [0.1, 0.15) is 0 Å². The number of aromatic nitrogens is 2. The first-order valence-electron chi connectivity index (χ1n) is 8.58. The SMILES string of the molecule is Cc1ccncc1N1CCN(C(=O)[C@@H]2C[C@H]2c2cccnc2)CC1. The molecule has 2 atom stereocenters. The molecule has 5 heteroatoms. The molecule has 0 aromatic carbocycles. The third-order valence-corrected chi connectivity index (χ3v) is 5.16. The van der Waals surface area contributed by atoms with Gasteiger partial charge in [-0.05, 0) is 42.5 Å². The Kier molecular flexibility index (Phi) is 3.92. The normalized spacial score (nSPS) is 23.2. The molecular formula is C19H22N4O. The molecule has 2 aromatic heterocycles. The van der Waals surface area contributed by atoms with Crippen LogP contribution in [-0.2, 0) is 4.79 Å². The van der Waals surface area contributed by atoms with Crippen molar-refractivity contribution in [2.24, 2.45) is 5.92 Å². The molecule has 1 saturated heterocycles. The molecule has 24 heavy (non-hydrogen) atoms. The van der Waals surface area contributed by atoms with Crippen LogP contribution in [0.1, 0.15) is 23.5 Å². The molecule has 1 aliphatic carbocycles. The fourth-order valence-electron chi connectivity index (χ4n) is 3.62. The molecule has 0 radical (unpaired) electrons. The van der Waals surface area contributed by atoms with E-state index in [1.165, 1.54) is 16.8 Å². The molecule has 4 rings (SSSR count). The minimum atomic E-state index is 0.154. The lowest BCUT2D eigenvalue weighted by Crippen LogP contribution is -2.49. The lowest BCUT2D eigenvalue weighted by atomic mass is 10.1. The van der Waals surface area contributed by atoms with Gasteiger partial charge in [-0.3, -0.25) is 14.8 Å². The Morgan fingerprint density at radius 3 is 2.58 bits per heavy atom. The minimum absolute atomic E-state index is 0.154. The maximum Gasteiger partial charge on any atom is 0.226 e. The molecule has 2 fully saturated rings. The van der Waals surface area contributed by atoms with Gasteiger partial charge in [-0.15, -0.1) is 0 Å². The zero-order valence-electron chi connectivity index (χ0n) is 13.9. The summed E-state index contributed by atoms with van der Waals surface area (Å²) in [5.74, 6) is 0.831. The highest BCUT2D eigenvalue weighted by Gasteiger charge is 2.46. The second-order valence-electron chi connectivity index (χ2n) is 6.71. The predicted molar refractivity (Wildman–Crippen MR) is 92.9 cm³/mol. The van der Waals surface area contributed by atoms with Gasteiger partial charge in [-0.2, -0.15) is 0 Å². The Morgan fingerprint density at radius 2 is 1.88 bits per heavy atom. The van der Waals surface area contributed by atoms with E-state index < -0.39 is 0 Å². The fourth-order valence-corrected chi connectivity index (χ4v) is 3.62. The Balaban J connectivity index is 1.35. The Labute approximate surface area is 142 Å². The van der Waals surface area contributed by atoms with Crippen molar-refractivity contribution in [1.29, 1.82) is 0 Å². The van der Waals surface area contributed by atoms with E-state index in [1.54, 1.807) is 6.20 Å². The molecule has 2 aromatic rings. The van der Waals surface area contributed by atoms with Crippen LogP contribution in [0.4, 0.5) is 5.69 Å². The first kappa shape index (κ1) is 15.1. The Morgan fingerprint density at radius 1 is 1.08 bits per heavy atom. The van der Waals surface area contributed by atoms with Gasteiger partial charge in [0.2, 0.25) is 5.91 Å². The summed E-state index contributed by atoms with van der Waals surface area (Å²) in [4.78, 5) is 25.5. The molecule has 2 aliphatic rings. The van der Waals surface area contributed by atoms with Crippen LogP contribution in [0.3, 0.4) is 0 Å². The number of hydrogen-bond acceptors (Lipinski definition) is 4.